The number of H-pyrrole nitrogens is 2. The van der Waals surface area contributed by atoms with E-state index < -0.39 is 0 Å². The maximum Gasteiger partial charge on any atom is 0.261 e. The molecular formula is C19H17ClFN5O. The van der Waals surface area contributed by atoms with E-state index in [1.165, 1.54) is 12.1 Å². The fourth-order valence-electron chi connectivity index (χ4n) is 3.09. The van der Waals surface area contributed by atoms with Crippen molar-refractivity contribution in [3.63, 3.8) is 0 Å². The van der Waals surface area contributed by atoms with Crippen LogP contribution >= 0.6 is 11.6 Å². The number of hydrogen-bond acceptors (Lipinski definition) is 4. The monoisotopic (exact) mass is 385 g/mol. The smallest absolute Gasteiger partial charge is 0.261 e. The van der Waals surface area contributed by atoms with Gasteiger partial charge in [-0.05, 0) is 43.4 Å². The van der Waals surface area contributed by atoms with Crippen molar-refractivity contribution in [3.8, 4) is 11.4 Å². The highest BCUT2D eigenvalue weighted by molar-refractivity contribution is 6.31. The molecule has 0 bridgehead atoms. The van der Waals surface area contributed by atoms with Crippen molar-refractivity contribution in [2.45, 2.75) is 0 Å². The zero-order valence-electron chi connectivity index (χ0n) is 14.5. The second-order valence-electron chi connectivity index (χ2n) is 6.17. The summed E-state index contributed by atoms with van der Waals surface area (Å²) in [4.78, 5) is 23.2. The largest absolute Gasteiger partial charge is 0.382 e. The first kappa shape index (κ1) is 17.5. The van der Waals surface area contributed by atoms with Crippen molar-refractivity contribution < 1.29 is 4.39 Å². The van der Waals surface area contributed by atoms with Crippen molar-refractivity contribution in [2.24, 2.45) is 0 Å². The van der Waals surface area contributed by atoms with Crippen LogP contribution in [-0.4, -0.2) is 35.1 Å². The third-order valence-corrected chi connectivity index (χ3v) is 4.57. The molecule has 0 saturated carbocycles. The zero-order valence-corrected chi connectivity index (χ0v) is 15.2. The van der Waals surface area contributed by atoms with E-state index in [1.807, 2.05) is 7.05 Å². The standard InChI is InChI=1S/C19H17ClFN5O/c1-22-6-7-23-17-12-8-10(20)2-4-13(12)26-19(27)16(17)18-24-14-5-3-11(21)9-15(14)25-18/h2-5,8-9,22H,6-7H2,1H3,(H,24,25)(H2,23,26,27). The first-order valence-electron chi connectivity index (χ1n) is 8.46. The highest BCUT2D eigenvalue weighted by Crippen LogP contribution is 2.32. The first-order valence-corrected chi connectivity index (χ1v) is 8.84. The Morgan fingerprint density at radius 3 is 2.78 bits per heavy atom. The number of pyridine rings is 1. The lowest BCUT2D eigenvalue weighted by atomic mass is 10.1. The minimum Gasteiger partial charge on any atom is -0.382 e. The molecule has 6 nitrogen and oxygen atoms in total. The summed E-state index contributed by atoms with van der Waals surface area (Å²) in [5, 5.41) is 7.70. The average Bonchev–Trinajstić information content (AvgIpc) is 3.04. The molecule has 4 rings (SSSR count). The third-order valence-electron chi connectivity index (χ3n) is 4.33. The number of imidazole rings is 1. The minimum atomic E-state index is -0.371. The van der Waals surface area contributed by atoms with Crippen molar-refractivity contribution in [3.05, 3.63) is 57.6 Å². The molecule has 2 heterocycles. The van der Waals surface area contributed by atoms with Crippen LogP contribution in [0, 0.1) is 5.82 Å². The summed E-state index contributed by atoms with van der Waals surface area (Å²) >= 11 is 6.17. The van der Waals surface area contributed by atoms with E-state index >= 15 is 0 Å². The van der Waals surface area contributed by atoms with E-state index in [4.69, 9.17) is 11.6 Å². The number of halogens is 2. The van der Waals surface area contributed by atoms with Crippen molar-refractivity contribution in [1.82, 2.24) is 20.3 Å². The van der Waals surface area contributed by atoms with E-state index in [1.54, 1.807) is 24.3 Å². The maximum atomic E-state index is 13.5. The lowest BCUT2D eigenvalue weighted by Gasteiger charge is -2.13. The lowest BCUT2D eigenvalue weighted by molar-refractivity contribution is 0.629. The summed E-state index contributed by atoms with van der Waals surface area (Å²) in [5.41, 5.74) is 2.47. The number of nitrogens with one attached hydrogen (secondary N) is 4. The van der Waals surface area contributed by atoms with Crippen LogP contribution in [0.1, 0.15) is 0 Å². The summed E-state index contributed by atoms with van der Waals surface area (Å²) in [6.45, 7) is 1.31. The second-order valence-corrected chi connectivity index (χ2v) is 6.61. The Kier molecular flexibility index (Phi) is 4.55. The predicted molar refractivity (Wildman–Crippen MR) is 107 cm³/mol. The Bertz CT molecular complexity index is 1200. The average molecular weight is 386 g/mol. The van der Waals surface area contributed by atoms with Gasteiger partial charge in [0.2, 0.25) is 0 Å². The molecular weight excluding hydrogens is 369 g/mol. The summed E-state index contributed by atoms with van der Waals surface area (Å²) in [6.07, 6.45) is 0. The summed E-state index contributed by atoms with van der Waals surface area (Å²) < 4.78 is 13.5. The van der Waals surface area contributed by atoms with Gasteiger partial charge >= 0.3 is 0 Å². The van der Waals surface area contributed by atoms with Crippen LogP contribution in [0.4, 0.5) is 10.1 Å². The fraction of sp³-hybridized carbons (Fsp3) is 0.158. The number of likely N-dealkylation sites (N-methyl/N-ethyl adjacent to an activating group) is 1. The number of anilines is 1. The molecule has 4 aromatic rings. The van der Waals surface area contributed by atoms with E-state index in [0.29, 0.717) is 51.7 Å². The number of benzene rings is 2. The van der Waals surface area contributed by atoms with Crippen LogP contribution in [0.2, 0.25) is 5.02 Å². The Hall–Kier alpha value is -2.90. The Balaban J connectivity index is 1.97. The van der Waals surface area contributed by atoms with Crippen LogP contribution in [0.5, 0.6) is 0 Å². The van der Waals surface area contributed by atoms with Crippen LogP contribution in [0.15, 0.2) is 41.2 Å². The number of aromatic nitrogens is 3. The number of hydrogen-bond donors (Lipinski definition) is 4. The molecule has 0 amide bonds. The molecule has 0 spiro atoms. The zero-order chi connectivity index (χ0) is 19.0. The molecule has 8 heteroatoms. The van der Waals surface area contributed by atoms with Crippen molar-refractivity contribution in [2.75, 3.05) is 25.5 Å². The van der Waals surface area contributed by atoms with Crippen LogP contribution < -0.4 is 16.2 Å². The second kappa shape index (κ2) is 7.02. The molecule has 0 radical (unpaired) electrons. The molecule has 0 unspecified atom stereocenters. The molecule has 0 saturated heterocycles. The number of rotatable bonds is 5. The van der Waals surface area contributed by atoms with Gasteiger partial charge in [0.05, 0.1) is 22.2 Å². The van der Waals surface area contributed by atoms with Crippen LogP contribution in [0.3, 0.4) is 0 Å². The van der Waals surface area contributed by atoms with Gasteiger partial charge in [-0.2, -0.15) is 0 Å². The highest BCUT2D eigenvalue weighted by Gasteiger charge is 2.18. The molecule has 0 atom stereocenters. The number of fused-ring (bicyclic) bond motifs is 2. The van der Waals surface area contributed by atoms with Gasteiger partial charge in [0.1, 0.15) is 17.2 Å². The normalized spacial score (nSPS) is 11.4. The van der Waals surface area contributed by atoms with Crippen molar-refractivity contribution in [1.29, 1.82) is 0 Å². The van der Waals surface area contributed by atoms with E-state index in [0.717, 1.165) is 5.39 Å². The molecule has 0 aliphatic rings. The van der Waals surface area contributed by atoms with Gasteiger partial charge in [-0.15, -0.1) is 0 Å². The predicted octanol–water partition coefficient (Wildman–Crippen LogP) is 3.50. The van der Waals surface area contributed by atoms with Crippen molar-refractivity contribution >= 4 is 39.2 Å². The van der Waals surface area contributed by atoms with E-state index in [-0.39, 0.29) is 11.4 Å². The van der Waals surface area contributed by atoms with Crippen LogP contribution in [-0.2, 0) is 0 Å². The summed E-state index contributed by atoms with van der Waals surface area (Å²) in [7, 11) is 1.85. The molecule has 0 fully saturated rings. The van der Waals surface area contributed by atoms with Gasteiger partial charge in [0, 0.05) is 23.5 Å². The number of aromatic amines is 2. The maximum absolute atomic E-state index is 13.5. The molecule has 0 aliphatic carbocycles. The highest BCUT2D eigenvalue weighted by atomic mass is 35.5. The first-order chi connectivity index (χ1) is 13.1. The molecule has 4 N–H and O–H groups in total. The minimum absolute atomic E-state index is 0.295. The Labute approximate surface area is 158 Å². The van der Waals surface area contributed by atoms with Gasteiger partial charge in [-0.1, -0.05) is 11.6 Å². The molecule has 2 aromatic heterocycles. The third kappa shape index (κ3) is 3.27. The van der Waals surface area contributed by atoms with E-state index in [9.17, 15) is 9.18 Å². The molecule has 27 heavy (non-hydrogen) atoms. The molecule has 138 valence electrons. The van der Waals surface area contributed by atoms with Gasteiger partial charge in [-0.25, -0.2) is 9.37 Å². The van der Waals surface area contributed by atoms with Gasteiger partial charge in [0.25, 0.3) is 5.56 Å². The Morgan fingerprint density at radius 1 is 1.11 bits per heavy atom. The molecule has 0 aliphatic heterocycles. The van der Waals surface area contributed by atoms with E-state index in [2.05, 4.69) is 25.6 Å². The van der Waals surface area contributed by atoms with Gasteiger partial charge < -0.3 is 20.6 Å². The SMILES string of the molecule is CNCCNc1c(-c2nc3ccc(F)cc3[nH]2)c(=O)[nH]c2ccc(Cl)cc12. The number of nitrogens with zero attached hydrogens (tertiary/aromatic N) is 1. The van der Waals surface area contributed by atoms with Crippen LogP contribution in [0.25, 0.3) is 33.3 Å². The summed E-state index contributed by atoms with van der Waals surface area (Å²) in [6, 6.07) is 9.54. The topological polar surface area (TPSA) is 85.6 Å². The Morgan fingerprint density at radius 2 is 1.96 bits per heavy atom. The lowest BCUT2D eigenvalue weighted by Crippen LogP contribution is -2.20. The summed E-state index contributed by atoms with van der Waals surface area (Å²) in [5.74, 6) is -0.00467. The van der Waals surface area contributed by atoms with Gasteiger partial charge in [-0.3, -0.25) is 4.79 Å². The molecule has 2 aromatic carbocycles. The quantitative estimate of drug-likeness (QED) is 0.396. The van der Waals surface area contributed by atoms with Gasteiger partial charge in [0.15, 0.2) is 0 Å². The fourth-order valence-corrected chi connectivity index (χ4v) is 3.26.